The Morgan fingerprint density at radius 2 is 1.85 bits per heavy atom. The molecule has 2 amide bonds. The van der Waals surface area contributed by atoms with Crippen LogP contribution < -0.4 is 15.4 Å². The molecule has 0 radical (unpaired) electrons. The quantitative estimate of drug-likeness (QED) is 0.381. The molecule has 0 bridgehead atoms. The highest BCUT2D eigenvalue weighted by atomic mass is 16.5. The average molecular weight is 461 g/mol. The van der Waals surface area contributed by atoms with Crippen molar-refractivity contribution in [1.82, 2.24) is 20.4 Å². The van der Waals surface area contributed by atoms with Crippen LogP contribution in [0, 0.1) is 0 Å². The molecule has 0 unspecified atom stereocenters. The van der Waals surface area contributed by atoms with Gasteiger partial charge in [0.05, 0.1) is 36.7 Å². The number of nitrogens with zero attached hydrogens (tertiary/aromatic N) is 2. The van der Waals surface area contributed by atoms with Gasteiger partial charge in [-0.25, -0.2) is 14.3 Å². The van der Waals surface area contributed by atoms with Gasteiger partial charge in [-0.1, -0.05) is 31.5 Å². The molecule has 0 saturated carbocycles. The van der Waals surface area contributed by atoms with Gasteiger partial charge in [0.25, 0.3) is 0 Å². The first-order chi connectivity index (χ1) is 16.5. The second-order valence-corrected chi connectivity index (χ2v) is 8.00. The number of benzene rings is 2. The van der Waals surface area contributed by atoms with Crippen molar-refractivity contribution in [2.75, 3.05) is 13.7 Å². The van der Waals surface area contributed by atoms with Crippen molar-refractivity contribution in [3.63, 3.8) is 0 Å². The number of carbonyl (C=O) groups is 2. The predicted octanol–water partition coefficient (Wildman–Crippen LogP) is 4.52. The molecule has 1 aliphatic heterocycles. The number of aromatic nitrogens is 2. The number of ether oxygens (including phenoxy) is 2. The van der Waals surface area contributed by atoms with Gasteiger partial charge >= 0.3 is 12.0 Å². The molecule has 0 spiro atoms. The molecule has 8 nitrogen and oxygen atoms in total. The van der Waals surface area contributed by atoms with Crippen LogP contribution in [0.3, 0.4) is 0 Å². The van der Waals surface area contributed by atoms with Crippen molar-refractivity contribution in [3.8, 4) is 22.7 Å². The fourth-order valence-corrected chi connectivity index (χ4v) is 3.89. The topological polar surface area (TPSA) is 94.5 Å². The number of hydrogen-bond donors (Lipinski definition) is 2. The Labute approximate surface area is 198 Å². The lowest BCUT2D eigenvalue weighted by Crippen LogP contribution is -2.45. The van der Waals surface area contributed by atoms with Crippen LogP contribution in [0.5, 0.6) is 5.75 Å². The first kappa shape index (κ1) is 23.1. The summed E-state index contributed by atoms with van der Waals surface area (Å²) < 4.78 is 12.5. The van der Waals surface area contributed by atoms with Crippen molar-refractivity contribution in [2.45, 2.75) is 32.7 Å². The van der Waals surface area contributed by atoms with E-state index in [0.29, 0.717) is 29.1 Å². The summed E-state index contributed by atoms with van der Waals surface area (Å²) in [5.41, 5.74) is 3.79. The Morgan fingerprint density at radius 3 is 2.53 bits per heavy atom. The Hall–Kier alpha value is -4.07. The fourth-order valence-electron chi connectivity index (χ4n) is 3.89. The van der Waals surface area contributed by atoms with E-state index >= 15 is 0 Å². The standard InChI is InChI=1S/C26H28N4O4/c1-4-5-15-34-20-13-11-18(12-14-20)23-21(16-30(29-23)19-9-7-6-8-10-19)24-22(25(31)33-3)17(2)27-26(32)28-24/h6-14,16,24H,4-5,15H2,1-3H3,(H2,27,28,32)/t24-/m0/s1. The second kappa shape index (κ2) is 10.2. The molecular formula is C26H28N4O4. The SMILES string of the molecule is CCCCOc1ccc(-c2nn(-c3ccccc3)cc2[C@@H]2NC(=O)NC(C)=C2C(=O)OC)cc1. The molecule has 0 fully saturated rings. The number of allylic oxidation sites excluding steroid dienone is 1. The number of rotatable bonds is 8. The van der Waals surface area contributed by atoms with Crippen LogP contribution in [0.25, 0.3) is 16.9 Å². The van der Waals surface area contributed by atoms with Gasteiger partial charge in [0, 0.05) is 23.0 Å². The number of methoxy groups -OCH3 is 1. The van der Waals surface area contributed by atoms with Crippen molar-refractivity contribution >= 4 is 12.0 Å². The number of nitrogens with one attached hydrogen (secondary N) is 2. The number of unbranched alkanes of at least 4 members (excludes halogenated alkanes) is 1. The third-order valence-corrected chi connectivity index (χ3v) is 5.64. The van der Waals surface area contributed by atoms with E-state index < -0.39 is 18.0 Å². The van der Waals surface area contributed by atoms with Crippen molar-refractivity contribution in [1.29, 1.82) is 0 Å². The lowest BCUT2D eigenvalue weighted by atomic mass is 9.94. The summed E-state index contributed by atoms with van der Waals surface area (Å²) in [7, 11) is 1.32. The summed E-state index contributed by atoms with van der Waals surface area (Å²) in [6, 6.07) is 16.2. The van der Waals surface area contributed by atoms with E-state index in [-0.39, 0.29) is 0 Å². The van der Waals surface area contributed by atoms with Gasteiger partial charge in [-0.15, -0.1) is 0 Å². The third-order valence-electron chi connectivity index (χ3n) is 5.64. The van der Waals surface area contributed by atoms with Gasteiger partial charge in [0.1, 0.15) is 5.75 Å². The lowest BCUT2D eigenvalue weighted by molar-refractivity contribution is -0.136. The number of esters is 1. The van der Waals surface area contributed by atoms with E-state index in [1.54, 1.807) is 11.6 Å². The van der Waals surface area contributed by atoms with Gasteiger partial charge in [-0.3, -0.25) is 0 Å². The molecule has 1 aliphatic rings. The number of para-hydroxylation sites is 1. The average Bonchev–Trinajstić information content (AvgIpc) is 3.30. The van der Waals surface area contributed by atoms with E-state index in [1.165, 1.54) is 7.11 Å². The van der Waals surface area contributed by atoms with Crippen LogP contribution in [0.1, 0.15) is 38.3 Å². The molecule has 2 N–H and O–H groups in total. The van der Waals surface area contributed by atoms with Crippen LogP contribution in [0.2, 0.25) is 0 Å². The first-order valence-electron chi connectivity index (χ1n) is 11.3. The summed E-state index contributed by atoms with van der Waals surface area (Å²) in [5.74, 6) is 0.260. The van der Waals surface area contributed by atoms with E-state index in [4.69, 9.17) is 14.6 Å². The number of carbonyl (C=O) groups excluding carboxylic acids is 2. The number of urea groups is 1. The van der Waals surface area contributed by atoms with Crippen LogP contribution in [-0.4, -0.2) is 35.5 Å². The maximum absolute atomic E-state index is 12.6. The van der Waals surface area contributed by atoms with Gasteiger partial charge < -0.3 is 20.1 Å². The normalized spacial score (nSPS) is 15.5. The maximum atomic E-state index is 12.6. The fraction of sp³-hybridized carbons (Fsp3) is 0.269. The molecule has 2 heterocycles. The molecule has 2 aromatic carbocycles. The maximum Gasteiger partial charge on any atom is 0.337 e. The van der Waals surface area contributed by atoms with Crippen LogP contribution in [-0.2, 0) is 9.53 Å². The van der Waals surface area contributed by atoms with E-state index in [0.717, 1.165) is 29.8 Å². The van der Waals surface area contributed by atoms with Gasteiger partial charge in [-0.2, -0.15) is 5.10 Å². The molecule has 4 rings (SSSR count). The highest BCUT2D eigenvalue weighted by molar-refractivity contribution is 5.95. The minimum absolute atomic E-state index is 0.329. The molecule has 0 aliphatic carbocycles. The van der Waals surface area contributed by atoms with E-state index in [9.17, 15) is 9.59 Å². The summed E-state index contributed by atoms with van der Waals surface area (Å²) in [6.45, 7) is 4.47. The van der Waals surface area contributed by atoms with Gasteiger partial charge in [-0.05, 0) is 49.7 Å². The molecular weight excluding hydrogens is 432 g/mol. The first-order valence-corrected chi connectivity index (χ1v) is 11.3. The number of hydrogen-bond acceptors (Lipinski definition) is 5. The lowest BCUT2D eigenvalue weighted by Gasteiger charge is -2.27. The van der Waals surface area contributed by atoms with Crippen LogP contribution >= 0.6 is 0 Å². The zero-order chi connectivity index (χ0) is 24.1. The monoisotopic (exact) mass is 460 g/mol. The number of amides is 2. The zero-order valence-electron chi connectivity index (χ0n) is 19.5. The Kier molecular flexibility index (Phi) is 6.96. The second-order valence-electron chi connectivity index (χ2n) is 8.00. The Balaban J connectivity index is 1.80. The van der Waals surface area contributed by atoms with Crippen molar-refractivity contribution in [3.05, 3.63) is 77.6 Å². The largest absolute Gasteiger partial charge is 0.494 e. The molecule has 34 heavy (non-hydrogen) atoms. The highest BCUT2D eigenvalue weighted by Gasteiger charge is 2.35. The van der Waals surface area contributed by atoms with Crippen LogP contribution in [0.15, 0.2) is 72.1 Å². The van der Waals surface area contributed by atoms with Crippen LogP contribution in [0.4, 0.5) is 4.79 Å². The Morgan fingerprint density at radius 1 is 1.12 bits per heavy atom. The molecule has 0 saturated heterocycles. The summed E-state index contributed by atoms with van der Waals surface area (Å²) in [6.07, 6.45) is 3.89. The minimum atomic E-state index is -0.728. The predicted molar refractivity (Wildman–Crippen MR) is 129 cm³/mol. The zero-order valence-corrected chi connectivity index (χ0v) is 19.5. The van der Waals surface area contributed by atoms with E-state index in [1.807, 2.05) is 60.8 Å². The van der Waals surface area contributed by atoms with Crippen molar-refractivity contribution in [2.24, 2.45) is 0 Å². The van der Waals surface area contributed by atoms with Crippen molar-refractivity contribution < 1.29 is 19.1 Å². The molecule has 1 aromatic heterocycles. The molecule has 3 aromatic rings. The van der Waals surface area contributed by atoms with E-state index in [2.05, 4.69) is 17.6 Å². The molecule has 1 atom stereocenters. The smallest absolute Gasteiger partial charge is 0.337 e. The third kappa shape index (κ3) is 4.80. The summed E-state index contributed by atoms with van der Waals surface area (Å²) in [5, 5.41) is 10.4. The minimum Gasteiger partial charge on any atom is -0.494 e. The van der Waals surface area contributed by atoms with Gasteiger partial charge in [0.15, 0.2) is 0 Å². The summed E-state index contributed by atoms with van der Waals surface area (Å²) >= 11 is 0. The highest BCUT2D eigenvalue weighted by Crippen LogP contribution is 2.35. The molecule has 176 valence electrons. The molecule has 8 heteroatoms. The van der Waals surface area contributed by atoms with Gasteiger partial charge in [0.2, 0.25) is 0 Å². The summed E-state index contributed by atoms with van der Waals surface area (Å²) in [4.78, 5) is 25.0. The Bertz CT molecular complexity index is 1200.